The fourth-order valence-electron chi connectivity index (χ4n) is 1.33. The van der Waals surface area contributed by atoms with Gasteiger partial charge < -0.3 is 4.74 Å². The average molecular weight is 140 g/mol. The molecule has 2 atom stereocenters. The van der Waals surface area contributed by atoms with Crippen LogP contribution in [0.15, 0.2) is 11.6 Å². The molecule has 0 spiro atoms. The van der Waals surface area contributed by atoms with Gasteiger partial charge in [-0.25, -0.2) is 0 Å². The highest BCUT2D eigenvalue weighted by molar-refractivity contribution is 5.81. The van der Waals surface area contributed by atoms with Gasteiger partial charge in [0, 0.05) is 0 Å². The highest BCUT2D eigenvalue weighted by atomic mass is 16.5. The Morgan fingerprint density at radius 1 is 1.70 bits per heavy atom. The van der Waals surface area contributed by atoms with Crippen molar-refractivity contribution >= 4 is 5.97 Å². The largest absolute Gasteiger partial charge is 0.469 e. The lowest BCUT2D eigenvalue weighted by molar-refractivity contribution is -0.142. The molecule has 0 bridgehead atoms. The predicted octanol–water partition coefficient (Wildman–Crippen LogP) is 1.37. The number of methoxy groups -OCH3 is 1. The molecule has 0 radical (unpaired) electrons. The van der Waals surface area contributed by atoms with Gasteiger partial charge in [-0.3, -0.25) is 4.79 Å². The molecule has 0 heterocycles. The Kier molecular flexibility index (Phi) is 1.79. The van der Waals surface area contributed by atoms with Crippen LogP contribution in [-0.2, 0) is 9.53 Å². The number of ether oxygens (including phenoxy) is 1. The standard InChI is InChI=1S/C8H12O2/c1-4-6-5(2)7(6)8(9)10-3/h4-5,7H,1-3H3/b6-4+/t5-,7+/m0/s1. The molecular weight excluding hydrogens is 128 g/mol. The molecule has 1 fully saturated rings. The summed E-state index contributed by atoms with van der Waals surface area (Å²) in [6.07, 6.45) is 1.99. The zero-order valence-electron chi connectivity index (χ0n) is 6.55. The fourth-order valence-corrected chi connectivity index (χ4v) is 1.33. The maximum Gasteiger partial charge on any atom is 0.313 e. The molecule has 0 saturated heterocycles. The van der Waals surface area contributed by atoms with Crippen LogP contribution in [0.25, 0.3) is 0 Å². The van der Waals surface area contributed by atoms with E-state index < -0.39 is 0 Å². The van der Waals surface area contributed by atoms with Gasteiger partial charge in [-0.1, -0.05) is 18.6 Å². The van der Waals surface area contributed by atoms with E-state index in [2.05, 4.69) is 4.74 Å². The normalized spacial score (nSPS) is 34.1. The van der Waals surface area contributed by atoms with Gasteiger partial charge in [0.25, 0.3) is 0 Å². The number of esters is 1. The maximum absolute atomic E-state index is 10.9. The van der Waals surface area contributed by atoms with Crippen molar-refractivity contribution in [2.24, 2.45) is 11.8 Å². The van der Waals surface area contributed by atoms with Gasteiger partial charge >= 0.3 is 5.97 Å². The van der Waals surface area contributed by atoms with Crippen LogP contribution in [0.3, 0.4) is 0 Å². The van der Waals surface area contributed by atoms with E-state index in [-0.39, 0.29) is 11.9 Å². The SMILES string of the molecule is C/C=C1\[C@H](C)[C@H]1C(=O)OC. The third kappa shape index (κ3) is 0.939. The van der Waals surface area contributed by atoms with Crippen molar-refractivity contribution in [1.82, 2.24) is 0 Å². The molecule has 0 aromatic heterocycles. The second-order valence-electron chi connectivity index (χ2n) is 2.58. The third-order valence-electron chi connectivity index (χ3n) is 2.06. The first kappa shape index (κ1) is 7.32. The van der Waals surface area contributed by atoms with Crippen molar-refractivity contribution in [2.45, 2.75) is 13.8 Å². The number of carbonyl (C=O) groups excluding carboxylic acids is 1. The summed E-state index contributed by atoms with van der Waals surface area (Å²) in [5.74, 6) is 0.382. The molecule has 1 aliphatic carbocycles. The molecule has 2 nitrogen and oxygen atoms in total. The van der Waals surface area contributed by atoms with Crippen molar-refractivity contribution in [2.75, 3.05) is 7.11 Å². The summed E-state index contributed by atoms with van der Waals surface area (Å²) in [7, 11) is 1.43. The van der Waals surface area contributed by atoms with Crippen molar-refractivity contribution in [3.05, 3.63) is 11.6 Å². The van der Waals surface area contributed by atoms with Crippen molar-refractivity contribution < 1.29 is 9.53 Å². The summed E-state index contributed by atoms with van der Waals surface area (Å²) in [6, 6.07) is 0. The van der Waals surface area contributed by atoms with Gasteiger partial charge in [0.2, 0.25) is 0 Å². The van der Waals surface area contributed by atoms with E-state index in [1.807, 2.05) is 19.9 Å². The minimum Gasteiger partial charge on any atom is -0.469 e. The van der Waals surface area contributed by atoms with E-state index in [1.165, 1.54) is 12.7 Å². The lowest BCUT2D eigenvalue weighted by Crippen LogP contribution is -2.03. The quantitative estimate of drug-likeness (QED) is 0.406. The Hall–Kier alpha value is -0.790. The summed E-state index contributed by atoms with van der Waals surface area (Å²) in [4.78, 5) is 10.9. The lowest BCUT2D eigenvalue weighted by Gasteiger charge is -1.91. The van der Waals surface area contributed by atoms with Gasteiger partial charge in [-0.15, -0.1) is 0 Å². The molecule has 10 heavy (non-hydrogen) atoms. The van der Waals surface area contributed by atoms with E-state index in [0.29, 0.717) is 5.92 Å². The molecule has 0 aromatic carbocycles. The molecule has 0 N–H and O–H groups in total. The second kappa shape index (κ2) is 2.45. The Bertz CT molecular complexity index is 182. The number of carbonyl (C=O) groups is 1. The monoisotopic (exact) mass is 140 g/mol. The van der Waals surface area contributed by atoms with Gasteiger partial charge in [-0.2, -0.15) is 0 Å². The summed E-state index contributed by atoms with van der Waals surface area (Å²) in [5, 5.41) is 0. The molecule has 2 heteroatoms. The Morgan fingerprint density at radius 2 is 2.30 bits per heavy atom. The first-order chi connectivity index (χ1) is 4.72. The highest BCUT2D eigenvalue weighted by Crippen LogP contribution is 2.45. The minimum atomic E-state index is -0.0967. The molecule has 0 aromatic rings. The zero-order chi connectivity index (χ0) is 7.72. The Labute approximate surface area is 60.9 Å². The van der Waals surface area contributed by atoms with E-state index in [4.69, 9.17) is 0 Å². The molecule has 1 aliphatic rings. The lowest BCUT2D eigenvalue weighted by atomic mass is 10.3. The first-order valence-corrected chi connectivity index (χ1v) is 3.46. The zero-order valence-corrected chi connectivity index (χ0v) is 6.55. The highest BCUT2D eigenvalue weighted by Gasteiger charge is 2.45. The van der Waals surface area contributed by atoms with Gasteiger partial charge in [0.1, 0.15) is 0 Å². The summed E-state index contributed by atoms with van der Waals surface area (Å²) >= 11 is 0. The number of allylic oxidation sites excluding steroid dienone is 1. The third-order valence-corrected chi connectivity index (χ3v) is 2.06. The van der Waals surface area contributed by atoms with Crippen LogP contribution >= 0.6 is 0 Å². The predicted molar refractivity (Wildman–Crippen MR) is 38.4 cm³/mol. The molecular formula is C8H12O2. The minimum absolute atomic E-state index is 0.0648. The number of hydrogen-bond donors (Lipinski definition) is 0. The summed E-state index contributed by atoms with van der Waals surface area (Å²) in [5.41, 5.74) is 1.21. The van der Waals surface area contributed by atoms with Crippen molar-refractivity contribution in [3.63, 3.8) is 0 Å². The molecule has 0 unspecified atom stereocenters. The molecule has 1 saturated carbocycles. The van der Waals surface area contributed by atoms with Crippen molar-refractivity contribution in [3.8, 4) is 0 Å². The van der Waals surface area contributed by atoms with Crippen LogP contribution in [0, 0.1) is 11.8 Å². The topological polar surface area (TPSA) is 26.3 Å². The van der Waals surface area contributed by atoms with E-state index in [0.717, 1.165) is 0 Å². The van der Waals surface area contributed by atoms with Crippen LogP contribution in [0.1, 0.15) is 13.8 Å². The van der Waals surface area contributed by atoms with Crippen molar-refractivity contribution in [1.29, 1.82) is 0 Å². The van der Waals surface area contributed by atoms with Crippen LogP contribution < -0.4 is 0 Å². The first-order valence-electron chi connectivity index (χ1n) is 3.46. The summed E-state index contributed by atoms with van der Waals surface area (Å²) < 4.78 is 4.60. The second-order valence-corrected chi connectivity index (χ2v) is 2.58. The van der Waals surface area contributed by atoms with Crippen LogP contribution in [0.4, 0.5) is 0 Å². The number of hydrogen-bond acceptors (Lipinski definition) is 2. The van der Waals surface area contributed by atoms with Crippen LogP contribution in [0.2, 0.25) is 0 Å². The van der Waals surface area contributed by atoms with Crippen LogP contribution in [0.5, 0.6) is 0 Å². The average Bonchev–Trinajstić information content (AvgIpc) is 2.59. The molecule has 0 aliphatic heterocycles. The van der Waals surface area contributed by atoms with E-state index in [9.17, 15) is 4.79 Å². The Morgan fingerprint density at radius 3 is 2.60 bits per heavy atom. The summed E-state index contributed by atoms with van der Waals surface area (Å²) in [6.45, 7) is 3.99. The van der Waals surface area contributed by atoms with Gasteiger partial charge in [-0.05, 0) is 12.8 Å². The maximum atomic E-state index is 10.9. The van der Waals surface area contributed by atoms with Crippen LogP contribution in [-0.4, -0.2) is 13.1 Å². The molecule has 56 valence electrons. The molecule has 0 amide bonds. The Balaban J connectivity index is 2.57. The van der Waals surface area contributed by atoms with E-state index >= 15 is 0 Å². The fraction of sp³-hybridized carbons (Fsp3) is 0.625. The van der Waals surface area contributed by atoms with Gasteiger partial charge in [0.05, 0.1) is 13.0 Å². The number of rotatable bonds is 1. The van der Waals surface area contributed by atoms with Gasteiger partial charge in [0.15, 0.2) is 0 Å². The smallest absolute Gasteiger partial charge is 0.313 e. The molecule has 1 rings (SSSR count). The van der Waals surface area contributed by atoms with E-state index in [1.54, 1.807) is 0 Å².